The Kier molecular flexibility index (Phi) is 6.16. The molecule has 5 rings (SSSR count). The average molecular weight is 465 g/mol. The van der Waals surface area contributed by atoms with E-state index in [1.54, 1.807) is 11.8 Å². The maximum atomic E-state index is 12.1. The summed E-state index contributed by atoms with van der Waals surface area (Å²) in [4.78, 5) is 6.81. The number of hydrogen-bond acceptors (Lipinski definition) is 8. The van der Waals surface area contributed by atoms with Crippen LogP contribution in [-0.4, -0.2) is 54.3 Å². The van der Waals surface area contributed by atoms with E-state index in [4.69, 9.17) is 19.0 Å². The van der Waals surface area contributed by atoms with Gasteiger partial charge in [-0.15, -0.1) is 0 Å². The van der Waals surface area contributed by atoms with Gasteiger partial charge in [0.15, 0.2) is 22.4 Å². The van der Waals surface area contributed by atoms with Crippen molar-refractivity contribution in [2.75, 3.05) is 26.1 Å². The highest BCUT2D eigenvalue weighted by Gasteiger charge is 2.53. The first kappa shape index (κ1) is 21.9. The molecule has 1 fully saturated rings. The molecule has 2 aromatic carbocycles. The smallest absolute Gasteiger partial charge is 0.261 e. The number of thioether (sulfide) groups is 1. The van der Waals surface area contributed by atoms with Gasteiger partial charge in [0.2, 0.25) is 6.79 Å². The second kappa shape index (κ2) is 8.70. The highest BCUT2D eigenvalue weighted by molar-refractivity contribution is 8.14. The van der Waals surface area contributed by atoms with E-state index in [1.807, 2.05) is 36.4 Å². The van der Waals surface area contributed by atoms with Crippen molar-refractivity contribution < 1.29 is 27.6 Å². The number of aliphatic hydroxyl groups is 1. The van der Waals surface area contributed by atoms with Crippen molar-refractivity contribution in [1.82, 2.24) is 4.90 Å². The molecule has 31 heavy (non-hydrogen) atoms. The first-order valence-electron chi connectivity index (χ1n) is 9.85. The second-order valence-corrected chi connectivity index (χ2v) is 10.00. The number of aliphatic imine (C=N–C) groups is 1. The second-order valence-electron chi connectivity index (χ2n) is 7.46. The van der Waals surface area contributed by atoms with Gasteiger partial charge >= 0.3 is 0 Å². The molecule has 0 amide bonds. The summed E-state index contributed by atoms with van der Waals surface area (Å²) in [6, 6.07) is 15.9. The van der Waals surface area contributed by atoms with E-state index in [1.165, 1.54) is 0 Å². The quantitative estimate of drug-likeness (QED) is 0.653. The Morgan fingerprint density at radius 3 is 2.58 bits per heavy atom. The van der Waals surface area contributed by atoms with Crippen LogP contribution in [0.3, 0.4) is 0 Å². The van der Waals surface area contributed by atoms with Crippen LogP contribution < -0.4 is 9.47 Å². The lowest BCUT2D eigenvalue weighted by atomic mass is 9.92. The normalized spacial score (nSPS) is 24.5. The minimum absolute atomic E-state index is 0.152. The fraction of sp³-hybridized carbons (Fsp3) is 0.381. The molecule has 2 unspecified atom stereocenters. The van der Waals surface area contributed by atoms with Crippen LogP contribution >= 0.6 is 11.8 Å². The minimum atomic E-state index is -3.67. The summed E-state index contributed by atoms with van der Waals surface area (Å²) in [6.07, 6.45) is 2.78. The maximum Gasteiger partial charge on any atom is 0.261 e. The van der Waals surface area contributed by atoms with Crippen LogP contribution in [0.1, 0.15) is 29.2 Å². The van der Waals surface area contributed by atoms with Gasteiger partial charge in [0, 0.05) is 18.7 Å². The Bertz CT molecular complexity index is 1070. The lowest BCUT2D eigenvalue weighted by Crippen LogP contribution is -2.46. The Hall–Kier alpha value is -2.27. The molecule has 166 valence electrons. The molecule has 3 heterocycles. The maximum absolute atomic E-state index is 12.1. The molecular formula is C21H24N2O6S2. The van der Waals surface area contributed by atoms with E-state index >= 15 is 0 Å². The molecule has 2 N–H and O–H groups in total. The Morgan fingerprint density at radius 1 is 1.13 bits per heavy atom. The van der Waals surface area contributed by atoms with Crippen LogP contribution in [0.2, 0.25) is 0 Å². The molecule has 0 aromatic heterocycles. The van der Waals surface area contributed by atoms with E-state index in [0.717, 1.165) is 48.0 Å². The van der Waals surface area contributed by atoms with Gasteiger partial charge in [-0.25, -0.2) is 0 Å². The Labute approximate surface area is 185 Å². The Morgan fingerprint density at radius 2 is 1.84 bits per heavy atom. The van der Waals surface area contributed by atoms with E-state index < -0.39 is 15.8 Å². The number of hydrogen-bond donors (Lipinski definition) is 2. The largest absolute Gasteiger partial charge is 0.454 e. The zero-order valence-electron chi connectivity index (χ0n) is 17.0. The molecular weight excluding hydrogens is 440 g/mol. The van der Waals surface area contributed by atoms with Crippen LogP contribution in [-0.2, 0) is 15.8 Å². The van der Waals surface area contributed by atoms with E-state index in [-0.39, 0.29) is 12.0 Å². The van der Waals surface area contributed by atoms with Crippen LogP contribution in [0.5, 0.6) is 11.5 Å². The fourth-order valence-electron chi connectivity index (χ4n) is 3.84. The average Bonchev–Trinajstić information content (AvgIpc) is 3.21. The summed E-state index contributed by atoms with van der Waals surface area (Å²) >= 11 is 1.65. The molecule has 1 saturated heterocycles. The molecule has 0 bridgehead atoms. The van der Waals surface area contributed by atoms with Crippen LogP contribution in [0.4, 0.5) is 0 Å². The van der Waals surface area contributed by atoms with Gasteiger partial charge in [0.1, 0.15) is 0 Å². The van der Waals surface area contributed by atoms with Gasteiger partial charge in [0.25, 0.3) is 10.1 Å². The standard InChI is InChI=1S/C20H20N2O3S.CH4O3S/c23-20(15-8-9-16-17(12-15)25-13-24-16)18(14-6-2-1-3-7-14)26-19-21-10-4-5-11-22(19)20;1-5(2,3)4/h1-3,6-9,12,18,23H,4-5,10-11,13H2;1H3,(H,2,3,4). The van der Waals surface area contributed by atoms with Crippen molar-refractivity contribution in [3.63, 3.8) is 0 Å². The zero-order valence-corrected chi connectivity index (χ0v) is 18.6. The number of rotatable bonds is 2. The molecule has 2 atom stereocenters. The van der Waals surface area contributed by atoms with E-state index in [2.05, 4.69) is 17.0 Å². The summed E-state index contributed by atoms with van der Waals surface area (Å²) in [6.45, 7) is 1.84. The number of nitrogens with zero attached hydrogens (tertiary/aromatic N) is 2. The molecule has 0 radical (unpaired) electrons. The van der Waals surface area contributed by atoms with Crippen LogP contribution in [0.25, 0.3) is 0 Å². The summed E-state index contributed by atoms with van der Waals surface area (Å²) < 4.78 is 36.9. The van der Waals surface area contributed by atoms with Gasteiger partial charge in [-0.05, 0) is 30.5 Å². The predicted octanol–water partition coefficient (Wildman–Crippen LogP) is 3.00. The predicted molar refractivity (Wildman–Crippen MR) is 119 cm³/mol. The monoisotopic (exact) mass is 464 g/mol. The minimum Gasteiger partial charge on any atom is -0.454 e. The third kappa shape index (κ3) is 4.67. The summed E-state index contributed by atoms with van der Waals surface area (Å²) in [5.41, 5.74) is 0.736. The highest BCUT2D eigenvalue weighted by Crippen LogP contribution is 2.55. The lowest BCUT2D eigenvalue weighted by Gasteiger charge is -2.38. The van der Waals surface area contributed by atoms with Crippen molar-refractivity contribution in [2.45, 2.75) is 23.8 Å². The van der Waals surface area contributed by atoms with Gasteiger partial charge < -0.3 is 19.5 Å². The summed E-state index contributed by atoms with van der Waals surface area (Å²) in [7, 11) is -3.67. The summed E-state index contributed by atoms with van der Waals surface area (Å²) in [5.74, 6) is 1.41. The van der Waals surface area contributed by atoms with Gasteiger partial charge in [0.05, 0.1) is 11.5 Å². The van der Waals surface area contributed by atoms with Crippen molar-refractivity contribution >= 4 is 27.0 Å². The lowest BCUT2D eigenvalue weighted by molar-refractivity contribution is -0.0713. The third-order valence-corrected chi connectivity index (χ3v) is 6.56. The van der Waals surface area contributed by atoms with Crippen molar-refractivity contribution in [2.24, 2.45) is 4.99 Å². The first-order chi connectivity index (χ1) is 14.8. The molecule has 3 aliphatic rings. The van der Waals surface area contributed by atoms with Gasteiger partial charge in [-0.3, -0.25) is 9.55 Å². The SMILES string of the molecule is CS(=O)(=O)O.OC1(c2ccc3c(c2)OCO3)C(c2ccccc2)SC2=NCCCCN21. The fourth-order valence-corrected chi connectivity index (χ4v) is 5.30. The summed E-state index contributed by atoms with van der Waals surface area (Å²) in [5, 5.41) is 12.8. The van der Waals surface area contributed by atoms with Crippen molar-refractivity contribution in [1.29, 1.82) is 0 Å². The number of benzene rings is 2. The van der Waals surface area contributed by atoms with Crippen LogP contribution in [0.15, 0.2) is 53.5 Å². The van der Waals surface area contributed by atoms with Gasteiger partial charge in [-0.1, -0.05) is 48.2 Å². The number of fused-ring (bicyclic) bond motifs is 2. The van der Waals surface area contributed by atoms with Crippen molar-refractivity contribution in [3.8, 4) is 11.5 Å². The molecule has 3 aliphatic heterocycles. The van der Waals surface area contributed by atoms with E-state index in [0.29, 0.717) is 12.0 Å². The first-order valence-corrected chi connectivity index (χ1v) is 12.6. The topological polar surface area (TPSA) is 109 Å². The Balaban J connectivity index is 0.000000418. The molecule has 0 aliphatic carbocycles. The third-order valence-electron chi connectivity index (χ3n) is 5.17. The zero-order chi connectivity index (χ0) is 22.1. The van der Waals surface area contributed by atoms with Gasteiger partial charge in [-0.2, -0.15) is 8.42 Å². The van der Waals surface area contributed by atoms with E-state index in [9.17, 15) is 13.5 Å². The van der Waals surface area contributed by atoms with Crippen molar-refractivity contribution in [3.05, 3.63) is 59.7 Å². The molecule has 2 aromatic rings. The molecule has 0 saturated carbocycles. The van der Waals surface area contributed by atoms with Crippen LogP contribution in [0, 0.1) is 0 Å². The number of amidine groups is 1. The number of ether oxygens (including phenoxy) is 2. The molecule has 10 heteroatoms. The highest BCUT2D eigenvalue weighted by atomic mass is 32.2. The molecule has 0 spiro atoms. The molecule has 8 nitrogen and oxygen atoms in total.